The monoisotopic (exact) mass is 252 g/mol. The lowest BCUT2D eigenvalue weighted by Crippen LogP contribution is -2.57. The molecule has 5 nitrogen and oxygen atoms in total. The van der Waals surface area contributed by atoms with Crippen molar-refractivity contribution in [3.63, 3.8) is 0 Å². The number of nitrogens with one attached hydrogen (secondary N) is 1. The number of rotatable bonds is 2. The molecule has 3 rings (SSSR count). The summed E-state index contributed by atoms with van der Waals surface area (Å²) in [7, 11) is 1.51. The Bertz CT molecular complexity index is 506. The number of hydrogen-bond acceptors (Lipinski definition) is 5. The predicted molar refractivity (Wildman–Crippen MR) is 62.6 cm³/mol. The highest BCUT2D eigenvalue weighted by molar-refractivity contribution is 5.91. The fraction of sp³-hybridized carbons (Fsp3) is 0.417. The van der Waals surface area contributed by atoms with Crippen LogP contribution in [0.2, 0.25) is 0 Å². The minimum atomic E-state index is -1.11. The van der Waals surface area contributed by atoms with E-state index in [0.717, 1.165) is 6.54 Å². The van der Waals surface area contributed by atoms with Crippen molar-refractivity contribution in [1.82, 2.24) is 5.32 Å². The van der Waals surface area contributed by atoms with Gasteiger partial charge < -0.3 is 19.5 Å². The molecule has 1 aromatic rings. The first kappa shape index (κ1) is 11.3. The number of hydrogen-bond donors (Lipinski definition) is 1. The van der Waals surface area contributed by atoms with Gasteiger partial charge >= 0.3 is 5.79 Å². The zero-order valence-corrected chi connectivity index (χ0v) is 9.90. The van der Waals surface area contributed by atoms with Gasteiger partial charge in [0.05, 0.1) is 6.54 Å². The van der Waals surface area contributed by atoms with Gasteiger partial charge in [-0.2, -0.15) is 0 Å². The first-order chi connectivity index (χ1) is 8.73. The highest BCUT2D eigenvalue weighted by Crippen LogP contribution is 2.36. The number of methoxy groups -OCH3 is 1. The molecule has 1 aromatic carbocycles. The van der Waals surface area contributed by atoms with E-state index < -0.39 is 5.79 Å². The van der Waals surface area contributed by atoms with E-state index in [1.54, 1.807) is 0 Å². The van der Waals surface area contributed by atoms with E-state index in [1.807, 2.05) is 0 Å². The molecule has 6 heteroatoms. The number of benzene rings is 1. The molecule has 0 amide bonds. The Hall–Kier alpha value is -1.82. The number of amidine groups is 1. The minimum absolute atomic E-state index is 0.175. The zero-order valence-electron chi connectivity index (χ0n) is 9.90. The molecule has 0 spiro atoms. The molecule has 0 aliphatic carbocycles. The van der Waals surface area contributed by atoms with Crippen LogP contribution in [0.3, 0.4) is 0 Å². The van der Waals surface area contributed by atoms with Gasteiger partial charge in [-0.1, -0.05) is 0 Å². The standard InChI is InChI=1S/C12H13FN2O3/c1-16-12(11-14-4-5-15-11)7-17-9-3-2-8(13)6-10(9)18-12/h2-3,6H,4-5,7H2,1H3,(H,14,15). The Kier molecular flexibility index (Phi) is 2.59. The molecule has 0 radical (unpaired) electrons. The average molecular weight is 252 g/mol. The van der Waals surface area contributed by atoms with Crippen LogP contribution >= 0.6 is 0 Å². The molecule has 1 atom stereocenters. The quantitative estimate of drug-likeness (QED) is 0.851. The fourth-order valence-corrected chi connectivity index (χ4v) is 2.03. The fourth-order valence-electron chi connectivity index (χ4n) is 2.03. The minimum Gasteiger partial charge on any atom is -0.482 e. The van der Waals surface area contributed by atoms with Gasteiger partial charge in [0.25, 0.3) is 0 Å². The summed E-state index contributed by atoms with van der Waals surface area (Å²) >= 11 is 0. The molecule has 18 heavy (non-hydrogen) atoms. The van der Waals surface area contributed by atoms with E-state index in [1.165, 1.54) is 25.3 Å². The van der Waals surface area contributed by atoms with Gasteiger partial charge in [-0.05, 0) is 12.1 Å². The number of aliphatic imine (C=N–C) groups is 1. The third-order valence-electron chi connectivity index (χ3n) is 2.96. The van der Waals surface area contributed by atoms with Crippen LogP contribution in [0, 0.1) is 5.82 Å². The van der Waals surface area contributed by atoms with E-state index in [0.29, 0.717) is 23.9 Å². The molecule has 96 valence electrons. The molecule has 0 aromatic heterocycles. The van der Waals surface area contributed by atoms with Gasteiger partial charge in [0.15, 0.2) is 23.9 Å². The summed E-state index contributed by atoms with van der Waals surface area (Å²) in [6, 6.07) is 4.14. The second kappa shape index (κ2) is 4.13. The summed E-state index contributed by atoms with van der Waals surface area (Å²) < 4.78 is 29.9. The summed E-state index contributed by atoms with van der Waals surface area (Å²) in [5.41, 5.74) is 0. The second-order valence-corrected chi connectivity index (χ2v) is 4.10. The summed E-state index contributed by atoms with van der Waals surface area (Å²) in [6.45, 7) is 1.58. The Labute approximate surface area is 104 Å². The number of fused-ring (bicyclic) bond motifs is 1. The third-order valence-corrected chi connectivity index (χ3v) is 2.96. The predicted octanol–water partition coefficient (Wildman–Crippen LogP) is 0.941. The number of ether oxygens (including phenoxy) is 3. The first-order valence-electron chi connectivity index (χ1n) is 5.69. The van der Waals surface area contributed by atoms with Gasteiger partial charge in [0.2, 0.25) is 0 Å². The van der Waals surface area contributed by atoms with Crippen molar-refractivity contribution in [2.75, 3.05) is 26.8 Å². The average Bonchev–Trinajstić information content (AvgIpc) is 2.92. The van der Waals surface area contributed by atoms with Crippen molar-refractivity contribution in [2.24, 2.45) is 4.99 Å². The van der Waals surface area contributed by atoms with Crippen molar-refractivity contribution in [1.29, 1.82) is 0 Å². The van der Waals surface area contributed by atoms with Crippen LogP contribution in [0.1, 0.15) is 0 Å². The summed E-state index contributed by atoms with van der Waals surface area (Å²) in [5.74, 6) is -0.0928. The van der Waals surface area contributed by atoms with Crippen LogP contribution in [0.4, 0.5) is 4.39 Å². The van der Waals surface area contributed by atoms with Crippen LogP contribution in [-0.2, 0) is 4.74 Å². The first-order valence-corrected chi connectivity index (χ1v) is 5.69. The van der Waals surface area contributed by atoms with Gasteiger partial charge in [-0.25, -0.2) is 4.39 Å². The van der Waals surface area contributed by atoms with E-state index >= 15 is 0 Å². The molecule has 0 saturated carbocycles. The lowest BCUT2D eigenvalue weighted by Gasteiger charge is -2.36. The van der Waals surface area contributed by atoms with Crippen LogP contribution in [-0.4, -0.2) is 38.4 Å². The molecule has 0 saturated heterocycles. The van der Waals surface area contributed by atoms with Crippen molar-refractivity contribution >= 4 is 5.84 Å². The van der Waals surface area contributed by atoms with E-state index in [9.17, 15) is 4.39 Å². The Balaban J connectivity index is 1.96. The maximum Gasteiger partial charge on any atom is 0.303 e. The highest BCUT2D eigenvalue weighted by atomic mass is 19.1. The molecular weight excluding hydrogens is 239 g/mol. The molecular formula is C12H13FN2O3. The summed E-state index contributed by atoms with van der Waals surface area (Å²) in [4.78, 5) is 4.28. The Morgan fingerprint density at radius 2 is 2.33 bits per heavy atom. The number of halogens is 1. The lowest BCUT2D eigenvalue weighted by atomic mass is 10.2. The van der Waals surface area contributed by atoms with Crippen LogP contribution in [0.5, 0.6) is 11.5 Å². The normalized spacial score (nSPS) is 25.6. The van der Waals surface area contributed by atoms with E-state index in [4.69, 9.17) is 14.2 Å². The van der Waals surface area contributed by atoms with Crippen molar-refractivity contribution < 1.29 is 18.6 Å². The van der Waals surface area contributed by atoms with Gasteiger partial charge in [0, 0.05) is 19.7 Å². The molecule has 2 aliphatic rings. The molecule has 0 fully saturated rings. The topological polar surface area (TPSA) is 52.1 Å². The molecule has 2 aliphatic heterocycles. The molecule has 1 N–H and O–H groups in total. The summed E-state index contributed by atoms with van der Waals surface area (Å²) in [6.07, 6.45) is 0. The molecule has 2 heterocycles. The molecule has 0 bridgehead atoms. The van der Waals surface area contributed by atoms with Crippen LogP contribution < -0.4 is 14.8 Å². The second-order valence-electron chi connectivity index (χ2n) is 4.10. The SMILES string of the molecule is COC1(C2=NCCN2)COc2ccc(F)cc2O1. The zero-order chi connectivity index (χ0) is 12.6. The van der Waals surface area contributed by atoms with Crippen molar-refractivity contribution in [3.05, 3.63) is 24.0 Å². The Morgan fingerprint density at radius 1 is 1.44 bits per heavy atom. The maximum atomic E-state index is 13.2. The van der Waals surface area contributed by atoms with E-state index in [-0.39, 0.29) is 12.4 Å². The number of nitrogens with zero attached hydrogens (tertiary/aromatic N) is 1. The highest BCUT2D eigenvalue weighted by Gasteiger charge is 2.44. The smallest absolute Gasteiger partial charge is 0.303 e. The molecule has 1 unspecified atom stereocenters. The van der Waals surface area contributed by atoms with E-state index in [2.05, 4.69) is 10.3 Å². The lowest BCUT2D eigenvalue weighted by molar-refractivity contribution is -0.145. The van der Waals surface area contributed by atoms with Crippen LogP contribution in [0.15, 0.2) is 23.2 Å². The summed E-state index contributed by atoms with van der Waals surface area (Å²) in [5, 5.41) is 3.09. The van der Waals surface area contributed by atoms with Gasteiger partial charge in [0.1, 0.15) is 5.82 Å². The largest absolute Gasteiger partial charge is 0.482 e. The van der Waals surface area contributed by atoms with Crippen LogP contribution in [0.25, 0.3) is 0 Å². The van der Waals surface area contributed by atoms with Crippen molar-refractivity contribution in [2.45, 2.75) is 5.79 Å². The Morgan fingerprint density at radius 3 is 3.06 bits per heavy atom. The van der Waals surface area contributed by atoms with Gasteiger partial charge in [-0.3, -0.25) is 4.99 Å². The third kappa shape index (κ3) is 1.69. The van der Waals surface area contributed by atoms with Crippen molar-refractivity contribution in [3.8, 4) is 11.5 Å². The van der Waals surface area contributed by atoms with Gasteiger partial charge in [-0.15, -0.1) is 0 Å². The maximum absolute atomic E-state index is 13.2.